The molecule has 4 atom stereocenters. The van der Waals surface area contributed by atoms with Crippen LogP contribution in [0.25, 0.3) is 6.08 Å². The molecular weight excluding hydrogens is 588 g/mol. The predicted molar refractivity (Wildman–Crippen MR) is 171 cm³/mol. The van der Waals surface area contributed by atoms with E-state index in [4.69, 9.17) is 14.2 Å². The fourth-order valence-electron chi connectivity index (χ4n) is 5.60. The van der Waals surface area contributed by atoms with Crippen LogP contribution in [-0.4, -0.2) is 84.2 Å². The highest BCUT2D eigenvalue weighted by Crippen LogP contribution is 2.32. The number of phenolic OH excluding ortho intramolecular Hbond substituents is 1. The second-order valence-corrected chi connectivity index (χ2v) is 11.2. The van der Waals surface area contributed by atoms with Crippen molar-refractivity contribution in [2.75, 3.05) is 27.0 Å². The second kappa shape index (κ2) is 15.5. The minimum absolute atomic E-state index is 0.00532. The molecule has 1 aliphatic carbocycles. The lowest BCUT2D eigenvalue weighted by Crippen LogP contribution is -2.51. The lowest BCUT2D eigenvalue weighted by Gasteiger charge is -2.33. The van der Waals surface area contributed by atoms with Gasteiger partial charge in [-0.2, -0.15) is 0 Å². The van der Waals surface area contributed by atoms with Gasteiger partial charge >= 0.3 is 5.97 Å². The van der Waals surface area contributed by atoms with Crippen LogP contribution in [0.4, 0.5) is 0 Å². The van der Waals surface area contributed by atoms with Crippen molar-refractivity contribution in [3.63, 3.8) is 0 Å². The number of hydrogen-bond acceptors (Lipinski definition) is 8. The fourth-order valence-corrected chi connectivity index (χ4v) is 5.60. The summed E-state index contributed by atoms with van der Waals surface area (Å²) in [6.45, 7) is -0.165. The summed E-state index contributed by atoms with van der Waals surface area (Å²) >= 11 is 0. The molecule has 0 aromatic heterocycles. The van der Waals surface area contributed by atoms with Gasteiger partial charge in [0.05, 0.1) is 12.2 Å². The smallest absolute Gasteiger partial charge is 0.338 e. The van der Waals surface area contributed by atoms with Crippen molar-refractivity contribution in [3.05, 3.63) is 119 Å². The maximum atomic E-state index is 13.8. The quantitative estimate of drug-likeness (QED) is 0.261. The summed E-state index contributed by atoms with van der Waals surface area (Å²) in [5.74, 6) is -1.13. The number of carbonyl (C=O) groups is 3. The number of benzene rings is 3. The predicted octanol–water partition coefficient (Wildman–Crippen LogP) is 3.42. The first-order valence-corrected chi connectivity index (χ1v) is 15.2. The summed E-state index contributed by atoms with van der Waals surface area (Å²) in [7, 11) is 1.56. The highest BCUT2D eigenvalue weighted by atomic mass is 16.7. The number of amides is 2. The fraction of sp³-hybridized carbons (Fsp3) is 0.306. The van der Waals surface area contributed by atoms with Crippen LogP contribution >= 0.6 is 0 Å². The van der Waals surface area contributed by atoms with Crippen LogP contribution in [0.5, 0.6) is 5.75 Å². The summed E-state index contributed by atoms with van der Waals surface area (Å²) in [5, 5.41) is 21.9. The standard InChI is InChI=1S/C36H38N2O8/c1-38(29(34(41)37-17-18-39)20-25-9-3-2-4-10-25)35(42)28-21-31-33(45-23-44-31)32(22-28)46-36(43)27-15-8-12-24(19-27)11-7-14-26-13-5-6-16-30(26)40/h2-13,15-16,19,21,29,31-33,39-40H,14,17-18,20,22-23H2,1H3,(H,37,41)/t29-,31-,32-,33-/m1/s1. The molecular formula is C36H38N2O8. The van der Waals surface area contributed by atoms with Crippen LogP contribution in [0.2, 0.25) is 0 Å². The molecule has 10 heteroatoms. The van der Waals surface area contributed by atoms with Crippen LogP contribution in [0.1, 0.15) is 33.5 Å². The van der Waals surface area contributed by atoms with Gasteiger partial charge in [0.25, 0.3) is 0 Å². The number of nitrogens with one attached hydrogen (secondary N) is 1. The van der Waals surface area contributed by atoms with E-state index in [1.807, 2.05) is 60.7 Å². The molecule has 0 spiro atoms. The van der Waals surface area contributed by atoms with Crippen LogP contribution in [-0.2, 0) is 36.6 Å². The average Bonchev–Trinajstić information content (AvgIpc) is 3.56. The lowest BCUT2D eigenvalue weighted by atomic mass is 9.90. The second-order valence-electron chi connectivity index (χ2n) is 11.2. The average molecular weight is 627 g/mol. The Labute approximate surface area is 267 Å². The number of allylic oxidation sites excluding steroid dienone is 1. The van der Waals surface area contributed by atoms with Gasteiger partial charge in [-0.15, -0.1) is 0 Å². The van der Waals surface area contributed by atoms with E-state index in [1.165, 1.54) is 4.90 Å². The maximum Gasteiger partial charge on any atom is 0.338 e. The summed E-state index contributed by atoms with van der Waals surface area (Å²) in [6, 6.07) is 22.6. The van der Waals surface area contributed by atoms with E-state index in [1.54, 1.807) is 43.5 Å². The van der Waals surface area contributed by atoms with Gasteiger partial charge < -0.3 is 34.6 Å². The Morgan fingerprint density at radius 1 is 1.04 bits per heavy atom. The molecule has 0 bridgehead atoms. The number of aromatic hydroxyl groups is 1. The van der Waals surface area contributed by atoms with E-state index in [9.17, 15) is 24.6 Å². The largest absolute Gasteiger partial charge is 0.508 e. The molecule has 0 unspecified atom stereocenters. The number of phenols is 1. The number of nitrogens with zero attached hydrogens (tertiary/aromatic N) is 1. The van der Waals surface area contributed by atoms with E-state index >= 15 is 0 Å². The first-order valence-electron chi connectivity index (χ1n) is 15.2. The van der Waals surface area contributed by atoms with Gasteiger partial charge in [0, 0.05) is 32.0 Å². The first-order chi connectivity index (χ1) is 22.3. The number of para-hydroxylation sites is 1. The van der Waals surface area contributed by atoms with Crippen molar-refractivity contribution in [2.45, 2.75) is 43.6 Å². The van der Waals surface area contributed by atoms with E-state index in [0.29, 0.717) is 17.6 Å². The molecule has 5 rings (SSSR count). The van der Waals surface area contributed by atoms with Gasteiger partial charge in [-0.25, -0.2) is 4.79 Å². The van der Waals surface area contributed by atoms with Gasteiger partial charge in [-0.3, -0.25) is 9.59 Å². The van der Waals surface area contributed by atoms with E-state index < -0.39 is 36.2 Å². The Kier molecular flexibility index (Phi) is 11.0. The molecule has 3 aromatic rings. The highest BCUT2D eigenvalue weighted by molar-refractivity contribution is 5.97. The molecule has 46 heavy (non-hydrogen) atoms. The lowest BCUT2D eigenvalue weighted by molar-refractivity contribution is -0.137. The van der Waals surface area contributed by atoms with Crippen LogP contribution in [0, 0.1) is 0 Å². The Bertz CT molecular complexity index is 1590. The number of aliphatic hydroxyl groups excluding tert-OH is 1. The zero-order chi connectivity index (χ0) is 32.5. The van der Waals surface area contributed by atoms with Crippen molar-refractivity contribution in [1.82, 2.24) is 10.2 Å². The summed E-state index contributed by atoms with van der Waals surface area (Å²) in [5.41, 5.74) is 3.14. The molecule has 240 valence electrons. The maximum absolute atomic E-state index is 13.8. The highest BCUT2D eigenvalue weighted by Gasteiger charge is 2.43. The van der Waals surface area contributed by atoms with Gasteiger partial charge in [0.2, 0.25) is 11.8 Å². The van der Waals surface area contributed by atoms with Crippen molar-refractivity contribution < 1.29 is 38.8 Å². The zero-order valence-electron chi connectivity index (χ0n) is 25.6. The number of hydrogen-bond donors (Lipinski definition) is 3. The third kappa shape index (κ3) is 8.08. The van der Waals surface area contributed by atoms with E-state index in [-0.39, 0.29) is 44.4 Å². The number of rotatable bonds is 12. The van der Waals surface area contributed by atoms with Crippen molar-refractivity contribution in [1.29, 1.82) is 0 Å². The van der Waals surface area contributed by atoms with Gasteiger partial charge in [-0.1, -0.05) is 72.8 Å². The molecule has 3 N–H and O–H groups in total. The summed E-state index contributed by atoms with van der Waals surface area (Å²) in [6.07, 6.45) is 4.35. The molecule has 1 saturated heterocycles. The summed E-state index contributed by atoms with van der Waals surface area (Å²) < 4.78 is 17.4. The first kappa shape index (κ1) is 32.6. The number of carbonyl (C=O) groups excluding carboxylic acids is 3. The molecule has 3 aromatic carbocycles. The van der Waals surface area contributed by atoms with Crippen molar-refractivity contribution >= 4 is 23.9 Å². The third-order valence-electron chi connectivity index (χ3n) is 8.07. The molecule has 10 nitrogen and oxygen atoms in total. The number of aliphatic hydroxyl groups is 1. The van der Waals surface area contributed by atoms with Crippen LogP contribution in [0.15, 0.2) is 96.6 Å². The Morgan fingerprint density at radius 3 is 2.61 bits per heavy atom. The Hall–Kier alpha value is -4.77. The molecule has 1 fully saturated rings. The van der Waals surface area contributed by atoms with Crippen LogP contribution < -0.4 is 5.32 Å². The SMILES string of the molecule is CN(C(=O)C1=C[C@H]2OCO[C@H]2[C@H](OC(=O)c2cccc(C=CCc3ccccc3O)c2)C1)[C@H](Cc1ccccc1)C(=O)NCCO. The van der Waals surface area contributed by atoms with Crippen molar-refractivity contribution in [3.8, 4) is 5.75 Å². The number of esters is 1. The van der Waals surface area contributed by atoms with Gasteiger partial charge in [0.1, 0.15) is 36.9 Å². The molecule has 2 amide bonds. The molecule has 1 aliphatic heterocycles. The molecule has 0 radical (unpaired) electrons. The summed E-state index contributed by atoms with van der Waals surface area (Å²) in [4.78, 5) is 41.7. The Morgan fingerprint density at radius 2 is 1.83 bits per heavy atom. The number of likely N-dealkylation sites (N-methyl/N-ethyl adjacent to an activating group) is 1. The monoisotopic (exact) mass is 626 g/mol. The zero-order valence-corrected chi connectivity index (χ0v) is 25.6. The topological polar surface area (TPSA) is 135 Å². The van der Waals surface area contributed by atoms with Gasteiger partial charge in [-0.05, 0) is 47.4 Å². The van der Waals surface area contributed by atoms with Crippen molar-refractivity contribution in [2.24, 2.45) is 0 Å². The third-order valence-corrected chi connectivity index (χ3v) is 8.07. The Balaban J connectivity index is 1.28. The van der Waals surface area contributed by atoms with E-state index in [0.717, 1.165) is 16.7 Å². The molecule has 0 saturated carbocycles. The number of fused-ring (bicyclic) bond motifs is 1. The minimum atomic E-state index is -0.844. The molecule has 1 heterocycles. The normalized spacial score (nSPS) is 19.6. The van der Waals surface area contributed by atoms with Crippen LogP contribution in [0.3, 0.4) is 0 Å². The number of ether oxygens (including phenoxy) is 3. The molecule has 2 aliphatic rings. The van der Waals surface area contributed by atoms with E-state index in [2.05, 4.69) is 5.32 Å². The minimum Gasteiger partial charge on any atom is -0.508 e. The van der Waals surface area contributed by atoms with Gasteiger partial charge in [0.15, 0.2) is 0 Å².